The molecular formula is C26H29N5O7. The highest BCUT2D eigenvalue weighted by Gasteiger charge is 2.64. The molecule has 1 heterocycles. The van der Waals surface area contributed by atoms with E-state index in [9.17, 15) is 34.8 Å². The van der Waals surface area contributed by atoms with Crippen LogP contribution in [0.15, 0.2) is 35.4 Å². The van der Waals surface area contributed by atoms with Crippen LogP contribution in [0.1, 0.15) is 17.5 Å². The van der Waals surface area contributed by atoms with Gasteiger partial charge in [0, 0.05) is 48.6 Å². The first-order chi connectivity index (χ1) is 17.8. The van der Waals surface area contributed by atoms with Crippen LogP contribution in [0.2, 0.25) is 0 Å². The number of aromatic hydroxyl groups is 1. The lowest BCUT2D eigenvalue weighted by Crippen LogP contribution is -2.65. The van der Waals surface area contributed by atoms with Gasteiger partial charge < -0.3 is 31.1 Å². The van der Waals surface area contributed by atoms with E-state index in [-0.39, 0.29) is 29.7 Å². The number of nitrogens with zero attached hydrogens (tertiary/aromatic N) is 3. The van der Waals surface area contributed by atoms with Gasteiger partial charge >= 0.3 is 0 Å². The highest BCUT2D eigenvalue weighted by molar-refractivity contribution is 6.24. The molecule has 0 spiro atoms. The maximum atomic E-state index is 14.0. The minimum atomic E-state index is -2.67. The van der Waals surface area contributed by atoms with Crippen LogP contribution in [0.4, 0.5) is 5.69 Å². The lowest BCUT2D eigenvalue weighted by molar-refractivity contribution is -0.153. The monoisotopic (exact) mass is 523 g/mol. The molecule has 1 saturated carbocycles. The first-order valence-corrected chi connectivity index (χ1v) is 12.0. The maximum Gasteiger partial charge on any atom is 0.255 e. The highest BCUT2D eigenvalue weighted by Crippen LogP contribution is 2.54. The van der Waals surface area contributed by atoms with Crippen LogP contribution >= 0.6 is 0 Å². The number of Topliss-reactive ketones (excluding diaryl/α,β-unsaturated/α-hetero) is 2. The molecule has 7 N–H and O–H groups in total. The van der Waals surface area contributed by atoms with Gasteiger partial charge in [-0.2, -0.15) is 5.10 Å². The van der Waals surface area contributed by atoms with E-state index in [4.69, 9.17) is 5.73 Å². The number of hydrogen-bond donors (Lipinski definition) is 6. The number of fused-ring (bicyclic) bond motifs is 3. The van der Waals surface area contributed by atoms with Crippen molar-refractivity contribution in [3.8, 4) is 16.9 Å². The topological polar surface area (TPSA) is 193 Å². The molecule has 3 aliphatic rings. The minimum Gasteiger partial charge on any atom is -0.508 e. The van der Waals surface area contributed by atoms with E-state index >= 15 is 0 Å². The summed E-state index contributed by atoms with van der Waals surface area (Å²) in [5, 5.41) is 52.1. The SMILES string of the molecule is CN(C)c1cc(-c2cn[nH]c2)c(O)c2c1C[C@H]1C[C@H]3[C@H](N(C)C)C(=O)C(C(N)=O)=C(O)[C@@]3(O)C(=O)C1=C2O. The van der Waals surface area contributed by atoms with Crippen LogP contribution in [0.3, 0.4) is 0 Å². The molecule has 1 aromatic heterocycles. The summed E-state index contributed by atoms with van der Waals surface area (Å²) in [6.45, 7) is 0. The molecule has 4 atom stereocenters. The van der Waals surface area contributed by atoms with Crippen molar-refractivity contribution in [2.45, 2.75) is 24.5 Å². The summed E-state index contributed by atoms with van der Waals surface area (Å²) in [5.74, 6) is -6.79. The Labute approximate surface area is 217 Å². The van der Waals surface area contributed by atoms with Crippen LogP contribution in [0.25, 0.3) is 16.9 Å². The van der Waals surface area contributed by atoms with Gasteiger partial charge in [-0.1, -0.05) is 0 Å². The number of aliphatic hydroxyl groups excluding tert-OH is 2. The first-order valence-electron chi connectivity index (χ1n) is 12.0. The van der Waals surface area contributed by atoms with Crippen molar-refractivity contribution < 1.29 is 34.8 Å². The molecule has 2 aromatic rings. The number of benzene rings is 1. The van der Waals surface area contributed by atoms with Gasteiger partial charge in [0.2, 0.25) is 5.78 Å². The van der Waals surface area contributed by atoms with E-state index in [1.807, 2.05) is 19.0 Å². The fourth-order valence-electron chi connectivity index (χ4n) is 6.31. The second kappa shape index (κ2) is 8.43. The number of aromatic nitrogens is 2. The Kier molecular flexibility index (Phi) is 5.65. The van der Waals surface area contributed by atoms with Gasteiger partial charge in [-0.15, -0.1) is 0 Å². The van der Waals surface area contributed by atoms with Gasteiger partial charge in [-0.25, -0.2) is 0 Å². The molecule has 12 nitrogen and oxygen atoms in total. The molecule has 38 heavy (non-hydrogen) atoms. The highest BCUT2D eigenvalue weighted by atomic mass is 16.3. The Balaban J connectivity index is 1.78. The summed E-state index contributed by atoms with van der Waals surface area (Å²) in [6.07, 6.45) is 3.32. The molecule has 0 unspecified atom stereocenters. The number of likely N-dealkylation sites (N-methyl/N-ethyl adjacent to an activating group) is 1. The Morgan fingerprint density at radius 1 is 1.18 bits per heavy atom. The summed E-state index contributed by atoms with van der Waals surface area (Å²) >= 11 is 0. The van der Waals surface area contributed by atoms with Crippen molar-refractivity contribution in [2.24, 2.45) is 17.6 Å². The number of hydrogen-bond acceptors (Lipinski definition) is 10. The van der Waals surface area contributed by atoms with Crippen LogP contribution < -0.4 is 10.6 Å². The van der Waals surface area contributed by atoms with Gasteiger partial charge in [0.05, 0.1) is 17.8 Å². The second-order valence-electron chi connectivity index (χ2n) is 10.5. The van der Waals surface area contributed by atoms with Crippen molar-refractivity contribution in [1.29, 1.82) is 0 Å². The fraction of sp³-hybridized carbons (Fsp3) is 0.385. The zero-order valence-corrected chi connectivity index (χ0v) is 21.3. The average Bonchev–Trinajstić information content (AvgIpc) is 3.35. The standard InChI is InChI=1S/C26H29N5O7/c1-30(2)15-7-12(11-8-28-29-9-11)20(32)17-13(15)5-10-6-14-19(31(3)4)22(34)18(25(27)37)24(36)26(14,38)23(35)16(10)21(17)33/h7-10,14,19,32-33,36,38H,5-6H2,1-4H3,(H2,27,37)(H,28,29)/t10-,14-,19-,26-/m0/s1. The molecular weight excluding hydrogens is 494 g/mol. The summed E-state index contributed by atoms with van der Waals surface area (Å²) in [4.78, 5) is 42.6. The minimum absolute atomic E-state index is 0.0306. The predicted molar refractivity (Wildman–Crippen MR) is 136 cm³/mol. The van der Waals surface area contributed by atoms with Gasteiger partial charge in [0.25, 0.3) is 5.91 Å². The fourth-order valence-corrected chi connectivity index (χ4v) is 6.31. The van der Waals surface area contributed by atoms with Crippen molar-refractivity contribution in [3.63, 3.8) is 0 Å². The summed E-state index contributed by atoms with van der Waals surface area (Å²) in [6, 6.07) is 0.635. The summed E-state index contributed by atoms with van der Waals surface area (Å²) in [5.41, 5.74) is 3.88. The average molecular weight is 524 g/mol. The Bertz CT molecular complexity index is 1460. The smallest absolute Gasteiger partial charge is 0.255 e. The number of rotatable bonds is 4. The number of nitrogens with two attached hydrogens (primary N) is 1. The number of H-pyrrole nitrogens is 1. The Morgan fingerprint density at radius 2 is 1.87 bits per heavy atom. The normalized spacial score (nSPS) is 26.8. The third kappa shape index (κ3) is 3.23. The third-order valence-corrected chi connectivity index (χ3v) is 7.99. The predicted octanol–water partition coefficient (Wildman–Crippen LogP) is 0.420. The number of aliphatic hydroxyl groups is 3. The summed E-state index contributed by atoms with van der Waals surface area (Å²) in [7, 11) is 6.74. The van der Waals surface area contributed by atoms with Crippen molar-refractivity contribution in [2.75, 3.05) is 33.1 Å². The van der Waals surface area contributed by atoms with Crippen molar-refractivity contribution in [1.82, 2.24) is 15.1 Å². The van der Waals surface area contributed by atoms with E-state index in [1.165, 1.54) is 11.1 Å². The number of carbonyl (C=O) groups is 3. The molecule has 0 aliphatic heterocycles. The molecule has 200 valence electrons. The van der Waals surface area contributed by atoms with Gasteiger partial charge in [0.15, 0.2) is 11.4 Å². The van der Waals surface area contributed by atoms with Crippen molar-refractivity contribution >= 4 is 28.9 Å². The van der Waals surface area contributed by atoms with Crippen LogP contribution in [-0.4, -0.2) is 92.8 Å². The number of phenolic OH excluding ortho intramolecular Hbond substituents is 1. The van der Waals surface area contributed by atoms with E-state index in [0.717, 1.165) is 0 Å². The zero-order valence-electron chi connectivity index (χ0n) is 21.3. The lowest BCUT2D eigenvalue weighted by atomic mass is 9.57. The number of aromatic amines is 1. The number of phenols is 1. The molecule has 0 saturated heterocycles. The van der Waals surface area contributed by atoms with E-state index in [2.05, 4.69) is 10.2 Å². The largest absolute Gasteiger partial charge is 0.508 e. The van der Waals surface area contributed by atoms with Crippen LogP contribution in [0, 0.1) is 11.8 Å². The maximum absolute atomic E-state index is 14.0. The molecule has 1 amide bonds. The third-order valence-electron chi connectivity index (χ3n) is 7.99. The second-order valence-corrected chi connectivity index (χ2v) is 10.5. The molecule has 0 radical (unpaired) electrons. The summed E-state index contributed by atoms with van der Waals surface area (Å²) < 4.78 is 0. The van der Waals surface area contributed by atoms with E-state index < -0.39 is 58.0 Å². The number of carbonyl (C=O) groups excluding carboxylic acids is 3. The number of amides is 1. The van der Waals surface area contributed by atoms with Gasteiger partial charge in [-0.05, 0) is 44.5 Å². The van der Waals surface area contributed by atoms with Crippen LogP contribution in [-0.2, 0) is 20.8 Å². The van der Waals surface area contributed by atoms with E-state index in [0.29, 0.717) is 22.4 Å². The Hall–Kier alpha value is -4.16. The number of anilines is 1. The first kappa shape index (κ1) is 25.5. The van der Waals surface area contributed by atoms with Crippen LogP contribution in [0.5, 0.6) is 5.75 Å². The van der Waals surface area contributed by atoms with Crippen molar-refractivity contribution in [3.05, 3.63) is 46.5 Å². The number of nitrogens with one attached hydrogen (secondary N) is 1. The van der Waals surface area contributed by atoms with Gasteiger partial charge in [0.1, 0.15) is 22.8 Å². The molecule has 0 bridgehead atoms. The Morgan fingerprint density at radius 3 is 2.42 bits per heavy atom. The van der Waals surface area contributed by atoms with Gasteiger partial charge in [-0.3, -0.25) is 24.4 Å². The molecule has 3 aliphatic carbocycles. The molecule has 12 heteroatoms. The quantitative estimate of drug-likeness (QED) is 0.306. The lowest BCUT2D eigenvalue weighted by Gasteiger charge is -2.50. The van der Waals surface area contributed by atoms with E-state index in [1.54, 1.807) is 26.4 Å². The number of ketones is 2. The molecule has 5 rings (SSSR count). The molecule has 1 fully saturated rings. The zero-order chi connectivity index (χ0) is 27.8. The molecule has 1 aromatic carbocycles. The number of primary amides is 1.